The van der Waals surface area contributed by atoms with Gasteiger partial charge in [-0.15, -0.1) is 11.3 Å². The normalized spacial score (nSPS) is 14.8. The largest absolute Gasteiger partial charge is 0.340 e. The van der Waals surface area contributed by atoms with Gasteiger partial charge in [0, 0.05) is 10.4 Å². The summed E-state index contributed by atoms with van der Waals surface area (Å²) in [5, 5.41) is 2.61. The summed E-state index contributed by atoms with van der Waals surface area (Å²) in [5.74, 6) is -1.15. The lowest BCUT2D eigenvalue weighted by Gasteiger charge is -2.14. The molecule has 1 aliphatic rings. The van der Waals surface area contributed by atoms with Crippen molar-refractivity contribution >= 4 is 29.1 Å². The van der Waals surface area contributed by atoms with Crippen molar-refractivity contribution in [3.63, 3.8) is 0 Å². The smallest absolute Gasteiger partial charge is 0.279 e. The molecule has 3 rings (SSSR count). The Hall–Kier alpha value is -2.67. The zero-order chi connectivity index (χ0) is 19.9. The maximum atomic E-state index is 12.4. The number of rotatable bonds is 4. The van der Waals surface area contributed by atoms with Gasteiger partial charge in [-0.2, -0.15) is 0 Å². The van der Waals surface area contributed by atoms with Crippen LogP contribution in [0, 0.1) is 0 Å². The molecule has 0 saturated heterocycles. The van der Waals surface area contributed by atoms with Gasteiger partial charge in [-0.1, -0.05) is 31.0 Å². The molecule has 7 heteroatoms. The number of benzene rings is 1. The minimum atomic E-state index is -0.781. The van der Waals surface area contributed by atoms with E-state index in [-0.39, 0.29) is 11.8 Å². The second-order valence-corrected chi connectivity index (χ2v) is 8.11. The number of carbonyl (C=O) groups is 3. The average molecular weight is 400 g/mol. The van der Waals surface area contributed by atoms with Crippen molar-refractivity contribution in [2.45, 2.75) is 51.5 Å². The van der Waals surface area contributed by atoms with Crippen LogP contribution in [0.4, 0.5) is 0 Å². The zero-order valence-corrected chi connectivity index (χ0v) is 16.7. The van der Waals surface area contributed by atoms with Crippen LogP contribution in [0.2, 0.25) is 0 Å². The van der Waals surface area contributed by atoms with Gasteiger partial charge in [-0.3, -0.25) is 25.2 Å². The lowest BCUT2D eigenvalue weighted by molar-refractivity contribution is -0.123. The van der Waals surface area contributed by atoms with Gasteiger partial charge in [-0.05, 0) is 56.4 Å². The van der Waals surface area contributed by atoms with Gasteiger partial charge >= 0.3 is 0 Å². The number of aryl methyl sites for hydroxylation is 2. The van der Waals surface area contributed by atoms with Crippen molar-refractivity contribution in [2.24, 2.45) is 0 Å². The molecule has 0 radical (unpaired) electrons. The summed E-state index contributed by atoms with van der Waals surface area (Å²) in [6, 6.07) is 9.82. The van der Waals surface area contributed by atoms with Gasteiger partial charge in [-0.25, -0.2) is 0 Å². The summed E-state index contributed by atoms with van der Waals surface area (Å²) in [5.41, 5.74) is 6.58. The Morgan fingerprint density at radius 3 is 2.39 bits per heavy atom. The molecule has 148 valence electrons. The van der Waals surface area contributed by atoms with Gasteiger partial charge in [0.2, 0.25) is 0 Å². The first-order valence-electron chi connectivity index (χ1n) is 9.62. The minimum Gasteiger partial charge on any atom is -0.340 e. The molecule has 3 N–H and O–H groups in total. The molecule has 0 fully saturated rings. The highest BCUT2D eigenvalue weighted by Gasteiger charge is 2.19. The van der Waals surface area contributed by atoms with Crippen molar-refractivity contribution < 1.29 is 14.4 Å². The molecule has 1 aromatic carbocycles. The fourth-order valence-corrected chi connectivity index (χ4v) is 4.33. The van der Waals surface area contributed by atoms with Gasteiger partial charge < -0.3 is 5.32 Å². The van der Waals surface area contributed by atoms with Gasteiger partial charge in [0.1, 0.15) is 6.04 Å². The molecule has 1 heterocycles. The molecule has 2 aromatic rings. The van der Waals surface area contributed by atoms with E-state index in [0.29, 0.717) is 10.4 Å². The quantitative estimate of drug-likeness (QED) is 0.691. The van der Waals surface area contributed by atoms with Gasteiger partial charge in [0.05, 0.1) is 4.88 Å². The standard InChI is InChI=1S/C21H25N3O3S/c1-14(22-20(26)15-9-6-4-7-10-15)19(25)23-24-21(27)18-13-16-11-5-2-3-8-12-17(16)28-18/h4,6-7,9-10,13-14H,2-3,5,8,11-12H2,1H3,(H,22,26)(H,23,25)(H,24,27)/t14-/m0/s1. The fourth-order valence-electron chi connectivity index (χ4n) is 3.18. The average Bonchev–Trinajstić information content (AvgIpc) is 3.08. The van der Waals surface area contributed by atoms with Crippen LogP contribution in [0.25, 0.3) is 0 Å². The van der Waals surface area contributed by atoms with E-state index in [1.807, 2.05) is 12.1 Å². The predicted molar refractivity (Wildman–Crippen MR) is 109 cm³/mol. The first-order chi connectivity index (χ1) is 13.5. The van der Waals surface area contributed by atoms with Crippen LogP contribution < -0.4 is 16.2 Å². The van der Waals surface area contributed by atoms with E-state index in [0.717, 1.165) is 25.7 Å². The van der Waals surface area contributed by atoms with Crippen LogP contribution in [0.5, 0.6) is 0 Å². The number of amides is 3. The minimum absolute atomic E-state index is 0.327. The summed E-state index contributed by atoms with van der Waals surface area (Å²) in [6.07, 6.45) is 6.81. The Morgan fingerprint density at radius 2 is 1.64 bits per heavy atom. The van der Waals surface area contributed by atoms with E-state index >= 15 is 0 Å². The van der Waals surface area contributed by atoms with E-state index < -0.39 is 11.9 Å². The number of thiophene rings is 1. The summed E-state index contributed by atoms with van der Waals surface area (Å²) >= 11 is 1.50. The second kappa shape index (κ2) is 9.50. The summed E-state index contributed by atoms with van der Waals surface area (Å²) in [6.45, 7) is 1.57. The molecule has 1 atom stereocenters. The van der Waals surface area contributed by atoms with E-state index in [4.69, 9.17) is 0 Å². The lowest BCUT2D eigenvalue weighted by Crippen LogP contribution is -2.51. The Morgan fingerprint density at radius 1 is 0.929 bits per heavy atom. The van der Waals surface area contributed by atoms with Crippen LogP contribution in [0.15, 0.2) is 36.4 Å². The number of hydrazine groups is 1. The third-order valence-corrected chi connectivity index (χ3v) is 6.03. The highest BCUT2D eigenvalue weighted by Crippen LogP contribution is 2.28. The van der Waals surface area contributed by atoms with E-state index in [9.17, 15) is 14.4 Å². The van der Waals surface area contributed by atoms with E-state index in [2.05, 4.69) is 16.2 Å². The molecular weight excluding hydrogens is 374 g/mol. The van der Waals surface area contributed by atoms with Crippen LogP contribution >= 0.6 is 11.3 Å². The maximum Gasteiger partial charge on any atom is 0.279 e. The maximum absolute atomic E-state index is 12.4. The molecule has 0 saturated carbocycles. The van der Waals surface area contributed by atoms with Crippen molar-refractivity contribution in [1.82, 2.24) is 16.2 Å². The third kappa shape index (κ3) is 5.19. The van der Waals surface area contributed by atoms with Crippen LogP contribution in [0.3, 0.4) is 0 Å². The zero-order valence-electron chi connectivity index (χ0n) is 15.9. The van der Waals surface area contributed by atoms with Gasteiger partial charge in [0.25, 0.3) is 17.7 Å². The molecule has 0 aliphatic heterocycles. The van der Waals surface area contributed by atoms with Gasteiger partial charge in [0.15, 0.2) is 0 Å². The van der Waals surface area contributed by atoms with E-state index in [1.165, 1.54) is 34.6 Å². The number of hydrogen-bond acceptors (Lipinski definition) is 4. The topological polar surface area (TPSA) is 87.3 Å². The van der Waals surface area contributed by atoms with Crippen molar-refractivity contribution in [3.05, 3.63) is 57.3 Å². The Kier molecular flexibility index (Phi) is 6.81. The Bertz CT molecular complexity index is 822. The van der Waals surface area contributed by atoms with E-state index in [1.54, 1.807) is 31.2 Å². The fraction of sp³-hybridized carbons (Fsp3) is 0.381. The lowest BCUT2D eigenvalue weighted by atomic mass is 10.00. The second-order valence-electron chi connectivity index (χ2n) is 6.98. The highest BCUT2D eigenvalue weighted by atomic mass is 32.1. The van der Waals surface area contributed by atoms with Crippen LogP contribution in [0.1, 0.15) is 63.1 Å². The van der Waals surface area contributed by atoms with Crippen molar-refractivity contribution in [2.75, 3.05) is 0 Å². The summed E-state index contributed by atoms with van der Waals surface area (Å²) in [7, 11) is 0. The predicted octanol–water partition coefficient (Wildman–Crippen LogP) is 2.99. The molecule has 3 amide bonds. The monoisotopic (exact) mass is 399 g/mol. The molecule has 0 spiro atoms. The SMILES string of the molecule is C[C@H](NC(=O)c1ccccc1)C(=O)NNC(=O)c1cc2c(s1)CCCCCC2. The Balaban J connectivity index is 1.51. The third-order valence-electron chi connectivity index (χ3n) is 4.80. The van der Waals surface area contributed by atoms with Crippen LogP contribution in [-0.2, 0) is 17.6 Å². The number of nitrogens with one attached hydrogen (secondary N) is 3. The summed E-state index contributed by atoms with van der Waals surface area (Å²) < 4.78 is 0. The molecule has 1 aliphatic carbocycles. The molecule has 28 heavy (non-hydrogen) atoms. The first kappa shape index (κ1) is 20.1. The van der Waals surface area contributed by atoms with Crippen molar-refractivity contribution in [1.29, 1.82) is 0 Å². The molecule has 6 nitrogen and oxygen atoms in total. The molecular formula is C21H25N3O3S. The number of carbonyl (C=O) groups excluding carboxylic acids is 3. The summed E-state index contributed by atoms with van der Waals surface area (Å²) in [4.78, 5) is 38.6. The molecule has 1 aromatic heterocycles. The first-order valence-corrected chi connectivity index (χ1v) is 10.4. The highest BCUT2D eigenvalue weighted by molar-refractivity contribution is 7.14. The van der Waals surface area contributed by atoms with Crippen molar-refractivity contribution in [3.8, 4) is 0 Å². The Labute approximate surface area is 168 Å². The number of hydrogen-bond donors (Lipinski definition) is 3. The van der Waals surface area contributed by atoms with Crippen LogP contribution in [-0.4, -0.2) is 23.8 Å². The molecule has 0 unspecified atom stereocenters. The number of fused-ring (bicyclic) bond motifs is 1. The molecule has 0 bridgehead atoms.